The summed E-state index contributed by atoms with van der Waals surface area (Å²) in [4.78, 5) is 8.03. The molecule has 4 rings (SSSR count). The highest BCUT2D eigenvalue weighted by Gasteiger charge is 2.37. The lowest BCUT2D eigenvalue weighted by Crippen LogP contribution is -2.42. The van der Waals surface area contributed by atoms with Crippen molar-refractivity contribution in [2.24, 2.45) is 0 Å². The van der Waals surface area contributed by atoms with Gasteiger partial charge in [-0.05, 0) is 37.5 Å². The molecule has 0 radical (unpaired) electrons. The summed E-state index contributed by atoms with van der Waals surface area (Å²) < 4.78 is 77.9. The molecule has 2 aliphatic rings. The zero-order valence-corrected chi connectivity index (χ0v) is 18.8. The molecule has 0 aliphatic carbocycles. The molecule has 33 heavy (non-hydrogen) atoms. The number of anilines is 1. The molecule has 0 saturated carbocycles. The van der Waals surface area contributed by atoms with Crippen molar-refractivity contribution in [1.29, 1.82) is 0 Å². The van der Waals surface area contributed by atoms with Gasteiger partial charge in [0.05, 0.1) is 18.1 Å². The quantitative estimate of drug-likeness (QED) is 0.670. The van der Waals surface area contributed by atoms with Gasteiger partial charge in [-0.15, -0.1) is 0 Å². The Labute approximate surface area is 190 Å². The monoisotopic (exact) mass is 486 g/mol. The maximum atomic E-state index is 13.4. The number of hydrogen-bond acceptors (Lipinski definition) is 7. The lowest BCUT2D eigenvalue weighted by molar-refractivity contribution is -0.139. The van der Waals surface area contributed by atoms with Crippen LogP contribution in [0.1, 0.15) is 30.4 Å². The normalized spacial score (nSPS) is 20.7. The van der Waals surface area contributed by atoms with Crippen LogP contribution >= 0.6 is 0 Å². The molecular formula is C21H25F3N4O4S. The van der Waals surface area contributed by atoms with E-state index >= 15 is 0 Å². The van der Waals surface area contributed by atoms with Crippen molar-refractivity contribution in [3.8, 4) is 5.88 Å². The van der Waals surface area contributed by atoms with E-state index in [9.17, 15) is 21.6 Å². The van der Waals surface area contributed by atoms with Crippen LogP contribution in [-0.2, 0) is 20.9 Å². The molecule has 1 aromatic carbocycles. The second-order valence-corrected chi connectivity index (χ2v) is 10.1. The number of ether oxygens (including phenoxy) is 2. The van der Waals surface area contributed by atoms with Gasteiger partial charge in [-0.2, -0.15) is 22.5 Å². The molecule has 1 unspecified atom stereocenters. The Bertz CT molecular complexity index is 1080. The highest BCUT2D eigenvalue weighted by atomic mass is 32.2. The molecule has 2 aromatic rings. The van der Waals surface area contributed by atoms with Crippen molar-refractivity contribution >= 4 is 16.0 Å². The van der Waals surface area contributed by atoms with E-state index in [0.717, 1.165) is 5.56 Å². The number of piperidine rings is 1. The molecule has 12 heteroatoms. The summed E-state index contributed by atoms with van der Waals surface area (Å²) in [6.45, 7) is 3.01. The number of alkyl halides is 3. The van der Waals surface area contributed by atoms with Gasteiger partial charge in [-0.3, -0.25) is 0 Å². The maximum absolute atomic E-state index is 13.4. The second kappa shape index (κ2) is 9.43. The number of hydrogen-bond donors (Lipinski definition) is 1. The Morgan fingerprint density at radius 1 is 1.21 bits per heavy atom. The predicted octanol–water partition coefficient (Wildman–Crippen LogP) is 3.24. The number of rotatable bonds is 6. The van der Waals surface area contributed by atoms with Crippen LogP contribution in [0, 0.1) is 6.92 Å². The summed E-state index contributed by atoms with van der Waals surface area (Å²) in [6, 6.07) is 6.55. The maximum Gasteiger partial charge on any atom is 0.423 e. The smallest absolute Gasteiger partial charge is 0.423 e. The standard InChI is InChI=1S/C21H25F3N4O4S/c1-14-3-2-4-17(11-14)33(29,30)28-8-5-15(6-9-28)26-20-25-12-18(21(22,23)24)19(27-20)32-16-7-10-31-13-16/h2-4,11-12,15-16H,5-10,13H2,1H3,(H,25,26,27). The molecular weight excluding hydrogens is 461 g/mol. The molecule has 2 aliphatic heterocycles. The minimum Gasteiger partial charge on any atom is -0.471 e. The Balaban J connectivity index is 1.42. The molecule has 0 spiro atoms. The van der Waals surface area contributed by atoms with Crippen molar-refractivity contribution in [3.05, 3.63) is 41.6 Å². The fourth-order valence-electron chi connectivity index (χ4n) is 3.83. The van der Waals surface area contributed by atoms with E-state index in [4.69, 9.17) is 9.47 Å². The number of aryl methyl sites for hydroxylation is 1. The largest absolute Gasteiger partial charge is 0.471 e. The molecule has 1 N–H and O–H groups in total. The highest BCUT2D eigenvalue weighted by Crippen LogP contribution is 2.36. The first kappa shape index (κ1) is 23.7. The fourth-order valence-corrected chi connectivity index (χ4v) is 5.41. The number of aromatic nitrogens is 2. The van der Waals surface area contributed by atoms with Crippen LogP contribution in [-0.4, -0.2) is 61.1 Å². The van der Waals surface area contributed by atoms with Crippen molar-refractivity contribution in [3.63, 3.8) is 0 Å². The summed E-state index contributed by atoms with van der Waals surface area (Å²) in [6.07, 6.45) is -3.04. The summed E-state index contributed by atoms with van der Waals surface area (Å²) in [5.41, 5.74) is -0.187. The highest BCUT2D eigenvalue weighted by molar-refractivity contribution is 7.89. The van der Waals surface area contributed by atoms with Crippen LogP contribution in [0.15, 0.2) is 35.4 Å². The number of benzene rings is 1. The molecule has 8 nitrogen and oxygen atoms in total. The Morgan fingerprint density at radius 2 is 1.97 bits per heavy atom. The Hall–Kier alpha value is -2.44. The van der Waals surface area contributed by atoms with E-state index in [1.807, 2.05) is 13.0 Å². The average Bonchev–Trinajstić information content (AvgIpc) is 3.26. The van der Waals surface area contributed by atoms with Gasteiger partial charge >= 0.3 is 6.18 Å². The van der Waals surface area contributed by atoms with Crippen LogP contribution in [0.5, 0.6) is 5.88 Å². The number of halogens is 3. The zero-order chi connectivity index (χ0) is 23.6. The minimum absolute atomic E-state index is 0.0110. The van der Waals surface area contributed by atoms with Gasteiger partial charge in [0.2, 0.25) is 21.9 Å². The first-order valence-corrected chi connectivity index (χ1v) is 12.1. The van der Waals surface area contributed by atoms with E-state index in [2.05, 4.69) is 15.3 Å². The van der Waals surface area contributed by atoms with E-state index < -0.39 is 33.7 Å². The number of sulfonamides is 1. The van der Waals surface area contributed by atoms with Crippen LogP contribution < -0.4 is 10.1 Å². The van der Waals surface area contributed by atoms with Gasteiger partial charge in [0, 0.05) is 31.7 Å². The van der Waals surface area contributed by atoms with E-state index in [1.165, 1.54) is 4.31 Å². The lowest BCUT2D eigenvalue weighted by atomic mass is 10.1. The van der Waals surface area contributed by atoms with E-state index in [-0.39, 0.29) is 36.6 Å². The van der Waals surface area contributed by atoms with E-state index in [0.29, 0.717) is 32.1 Å². The van der Waals surface area contributed by atoms with Crippen LogP contribution in [0.2, 0.25) is 0 Å². The minimum atomic E-state index is -4.65. The molecule has 0 bridgehead atoms. The number of nitrogens with zero attached hydrogens (tertiary/aromatic N) is 3. The van der Waals surface area contributed by atoms with Crippen LogP contribution in [0.25, 0.3) is 0 Å². The molecule has 3 heterocycles. The first-order chi connectivity index (χ1) is 15.6. The summed E-state index contributed by atoms with van der Waals surface area (Å²) in [7, 11) is -3.61. The van der Waals surface area contributed by atoms with Gasteiger partial charge in [0.15, 0.2) is 0 Å². The number of nitrogens with one attached hydrogen (secondary N) is 1. The fraction of sp³-hybridized carbons (Fsp3) is 0.524. The third kappa shape index (κ3) is 5.56. The molecule has 1 aromatic heterocycles. The Kier molecular flexibility index (Phi) is 6.78. The topological polar surface area (TPSA) is 93.7 Å². The molecule has 1 atom stereocenters. The Morgan fingerprint density at radius 3 is 2.61 bits per heavy atom. The molecule has 0 amide bonds. The first-order valence-electron chi connectivity index (χ1n) is 10.6. The summed E-state index contributed by atoms with van der Waals surface area (Å²) in [5.74, 6) is -0.521. The molecule has 2 fully saturated rings. The SMILES string of the molecule is Cc1cccc(S(=O)(=O)N2CCC(Nc3ncc(C(F)(F)F)c(OC4CCOC4)n3)CC2)c1. The van der Waals surface area contributed by atoms with Crippen molar-refractivity contribution < 1.29 is 31.1 Å². The van der Waals surface area contributed by atoms with Gasteiger partial charge < -0.3 is 14.8 Å². The second-order valence-electron chi connectivity index (χ2n) is 8.15. The predicted molar refractivity (Wildman–Crippen MR) is 113 cm³/mol. The third-order valence-electron chi connectivity index (χ3n) is 5.64. The molecule has 2 saturated heterocycles. The van der Waals surface area contributed by atoms with Gasteiger partial charge in [0.1, 0.15) is 11.7 Å². The van der Waals surface area contributed by atoms with Gasteiger partial charge in [-0.1, -0.05) is 12.1 Å². The van der Waals surface area contributed by atoms with Crippen molar-refractivity contribution in [2.75, 3.05) is 31.6 Å². The average molecular weight is 487 g/mol. The van der Waals surface area contributed by atoms with E-state index in [1.54, 1.807) is 18.2 Å². The summed E-state index contributed by atoms with van der Waals surface area (Å²) >= 11 is 0. The zero-order valence-electron chi connectivity index (χ0n) is 18.0. The van der Waals surface area contributed by atoms with Crippen molar-refractivity contribution in [1.82, 2.24) is 14.3 Å². The van der Waals surface area contributed by atoms with Crippen LogP contribution in [0.4, 0.5) is 19.1 Å². The van der Waals surface area contributed by atoms with Gasteiger partial charge in [-0.25, -0.2) is 13.4 Å². The van der Waals surface area contributed by atoms with Gasteiger partial charge in [0.25, 0.3) is 0 Å². The molecule has 180 valence electrons. The third-order valence-corrected chi connectivity index (χ3v) is 7.53. The lowest BCUT2D eigenvalue weighted by Gasteiger charge is -2.31. The summed E-state index contributed by atoms with van der Waals surface area (Å²) in [5, 5.41) is 3.02. The van der Waals surface area contributed by atoms with Crippen molar-refractivity contribution in [2.45, 2.75) is 49.4 Å². The van der Waals surface area contributed by atoms with Crippen LogP contribution in [0.3, 0.4) is 0 Å².